The molecule has 2 N–H and O–H groups in total. The van der Waals surface area contributed by atoms with Crippen LogP contribution in [0.5, 0.6) is 0 Å². The minimum absolute atomic E-state index is 0.630. The van der Waals surface area contributed by atoms with Crippen LogP contribution in [0.15, 0.2) is 12.5 Å². The topological polar surface area (TPSA) is 43.8 Å². The Morgan fingerprint density at radius 2 is 2.07 bits per heavy atom. The Kier molecular flexibility index (Phi) is 1.47. The van der Waals surface area contributed by atoms with E-state index in [2.05, 4.69) is 9.55 Å². The Morgan fingerprint density at radius 3 is 2.73 bits per heavy atom. The van der Waals surface area contributed by atoms with Crippen LogP contribution in [0.3, 0.4) is 0 Å². The molecule has 4 unspecified atom stereocenters. The highest BCUT2D eigenvalue weighted by Crippen LogP contribution is 2.71. The summed E-state index contributed by atoms with van der Waals surface area (Å²) in [5.74, 6) is 4.00. The molecular weight excluding hydrogens is 186 g/mol. The highest BCUT2D eigenvalue weighted by atomic mass is 15.1. The molecule has 1 aromatic rings. The average Bonchev–Trinajstić information content (AvgIpc) is 2.72. The predicted molar refractivity (Wildman–Crippen MR) is 57.0 cm³/mol. The normalized spacial score (nSPS) is 45.8. The van der Waals surface area contributed by atoms with Crippen LogP contribution in [-0.2, 0) is 6.54 Å². The summed E-state index contributed by atoms with van der Waals surface area (Å²) >= 11 is 0. The van der Waals surface area contributed by atoms with E-state index in [4.69, 9.17) is 5.73 Å². The van der Waals surface area contributed by atoms with Crippen molar-refractivity contribution < 1.29 is 0 Å². The molecule has 3 nitrogen and oxygen atoms in total. The fraction of sp³-hybridized carbons (Fsp3) is 0.750. The third kappa shape index (κ3) is 0.924. The highest BCUT2D eigenvalue weighted by Gasteiger charge is 2.65. The molecule has 0 aliphatic heterocycles. The van der Waals surface area contributed by atoms with Crippen molar-refractivity contribution in [3.8, 4) is 0 Å². The zero-order valence-electron chi connectivity index (χ0n) is 8.84. The molecule has 3 aliphatic carbocycles. The van der Waals surface area contributed by atoms with Crippen molar-refractivity contribution in [3.63, 3.8) is 0 Å². The third-order valence-electron chi connectivity index (χ3n) is 4.97. The zero-order chi connectivity index (χ0) is 9.99. The van der Waals surface area contributed by atoms with Gasteiger partial charge in [-0.2, -0.15) is 0 Å². The van der Waals surface area contributed by atoms with E-state index in [9.17, 15) is 0 Å². The first-order valence-electron chi connectivity index (χ1n) is 6.11. The van der Waals surface area contributed by atoms with Crippen LogP contribution in [-0.4, -0.2) is 9.55 Å². The predicted octanol–water partition coefficient (Wildman–Crippen LogP) is 1.56. The Labute approximate surface area is 89.7 Å². The monoisotopic (exact) mass is 203 g/mol. The molecule has 2 bridgehead atoms. The fourth-order valence-corrected chi connectivity index (χ4v) is 4.41. The number of rotatable bonds is 2. The van der Waals surface area contributed by atoms with Gasteiger partial charge in [-0.05, 0) is 42.9 Å². The highest BCUT2D eigenvalue weighted by molar-refractivity contribution is 5.18. The molecule has 3 aliphatic rings. The van der Waals surface area contributed by atoms with Crippen molar-refractivity contribution in [2.24, 2.45) is 29.4 Å². The molecule has 0 saturated heterocycles. The molecular formula is C12H17N3. The summed E-state index contributed by atoms with van der Waals surface area (Å²) in [6.45, 7) is 0.630. The molecule has 3 fully saturated rings. The summed E-state index contributed by atoms with van der Waals surface area (Å²) in [7, 11) is 0. The van der Waals surface area contributed by atoms with Gasteiger partial charge in [0, 0.05) is 18.8 Å². The van der Waals surface area contributed by atoms with Crippen LogP contribution in [0.25, 0.3) is 0 Å². The summed E-state index contributed by atoms with van der Waals surface area (Å²) in [5.41, 5.74) is 6.95. The van der Waals surface area contributed by atoms with Crippen LogP contribution in [0, 0.1) is 23.7 Å². The van der Waals surface area contributed by atoms with Gasteiger partial charge in [0.25, 0.3) is 0 Å². The zero-order valence-corrected chi connectivity index (χ0v) is 8.84. The van der Waals surface area contributed by atoms with Crippen molar-refractivity contribution in [1.82, 2.24) is 9.55 Å². The number of hydrogen-bond donors (Lipinski definition) is 1. The van der Waals surface area contributed by atoms with E-state index in [1.54, 1.807) is 0 Å². The second-order valence-corrected chi connectivity index (χ2v) is 5.47. The lowest BCUT2D eigenvalue weighted by atomic mass is 10.0. The summed E-state index contributed by atoms with van der Waals surface area (Å²) in [6, 6.07) is 0.761. The van der Waals surface area contributed by atoms with Crippen molar-refractivity contribution in [3.05, 3.63) is 18.2 Å². The van der Waals surface area contributed by atoms with Crippen molar-refractivity contribution >= 4 is 0 Å². The molecule has 3 saturated carbocycles. The standard InChI is InChI=1S/C12H17N3/c13-4-9-5-14-6-15(9)12-10-7-1-2-8(3-7)11(10)12/h5-8,10-12H,1-4,13H2. The minimum atomic E-state index is 0.630. The molecule has 1 aromatic heterocycles. The van der Waals surface area contributed by atoms with Gasteiger partial charge < -0.3 is 10.3 Å². The van der Waals surface area contributed by atoms with E-state index in [0.717, 1.165) is 29.7 Å². The van der Waals surface area contributed by atoms with Crippen LogP contribution >= 0.6 is 0 Å². The van der Waals surface area contributed by atoms with E-state index < -0.39 is 0 Å². The van der Waals surface area contributed by atoms with Gasteiger partial charge in [0.05, 0.1) is 12.0 Å². The SMILES string of the molecule is NCc1cncn1C1C2C3CCC(C3)C21. The first-order valence-corrected chi connectivity index (χ1v) is 6.11. The van der Waals surface area contributed by atoms with Crippen molar-refractivity contribution in [2.45, 2.75) is 31.8 Å². The van der Waals surface area contributed by atoms with Gasteiger partial charge in [-0.1, -0.05) is 0 Å². The summed E-state index contributed by atoms with van der Waals surface area (Å²) in [6.07, 6.45) is 8.39. The Hall–Kier alpha value is -0.830. The van der Waals surface area contributed by atoms with Gasteiger partial charge in [-0.15, -0.1) is 0 Å². The third-order valence-corrected chi connectivity index (χ3v) is 4.97. The molecule has 4 rings (SSSR count). The quantitative estimate of drug-likeness (QED) is 0.792. The number of nitrogens with two attached hydrogens (primary N) is 1. The van der Waals surface area contributed by atoms with Gasteiger partial charge in [-0.3, -0.25) is 0 Å². The lowest BCUT2D eigenvalue weighted by Crippen LogP contribution is -2.09. The number of imidazole rings is 1. The van der Waals surface area contributed by atoms with Crippen LogP contribution in [0.1, 0.15) is 31.0 Å². The Balaban J connectivity index is 1.67. The molecule has 0 spiro atoms. The van der Waals surface area contributed by atoms with E-state index in [-0.39, 0.29) is 0 Å². The summed E-state index contributed by atoms with van der Waals surface area (Å²) in [4.78, 5) is 4.23. The Morgan fingerprint density at radius 1 is 1.33 bits per heavy atom. The van der Waals surface area contributed by atoms with Crippen molar-refractivity contribution in [1.29, 1.82) is 0 Å². The van der Waals surface area contributed by atoms with E-state index in [0.29, 0.717) is 6.54 Å². The van der Waals surface area contributed by atoms with Gasteiger partial charge in [0.15, 0.2) is 0 Å². The molecule has 0 aromatic carbocycles. The van der Waals surface area contributed by atoms with Crippen LogP contribution in [0.4, 0.5) is 0 Å². The number of aromatic nitrogens is 2. The van der Waals surface area contributed by atoms with Gasteiger partial charge in [-0.25, -0.2) is 4.98 Å². The maximum absolute atomic E-state index is 5.74. The molecule has 1 heterocycles. The average molecular weight is 203 g/mol. The molecule has 0 radical (unpaired) electrons. The summed E-state index contributed by atoms with van der Waals surface area (Å²) < 4.78 is 2.36. The number of fused-ring (bicyclic) bond motifs is 5. The second-order valence-electron chi connectivity index (χ2n) is 5.47. The molecule has 80 valence electrons. The van der Waals surface area contributed by atoms with E-state index in [1.807, 2.05) is 12.5 Å². The number of hydrogen-bond acceptors (Lipinski definition) is 2. The fourth-order valence-electron chi connectivity index (χ4n) is 4.41. The van der Waals surface area contributed by atoms with Gasteiger partial charge in [0.1, 0.15) is 0 Å². The maximum atomic E-state index is 5.74. The van der Waals surface area contributed by atoms with Crippen LogP contribution in [0.2, 0.25) is 0 Å². The smallest absolute Gasteiger partial charge is 0.0951 e. The van der Waals surface area contributed by atoms with Crippen LogP contribution < -0.4 is 5.73 Å². The second kappa shape index (κ2) is 2.64. The molecule has 15 heavy (non-hydrogen) atoms. The largest absolute Gasteiger partial charge is 0.330 e. The molecule has 3 heteroatoms. The minimum Gasteiger partial charge on any atom is -0.330 e. The first-order chi connectivity index (χ1) is 7.40. The molecule has 4 atom stereocenters. The van der Waals surface area contributed by atoms with E-state index >= 15 is 0 Å². The Bertz CT molecular complexity index is 381. The molecule has 0 amide bonds. The van der Waals surface area contributed by atoms with Gasteiger partial charge in [0.2, 0.25) is 0 Å². The van der Waals surface area contributed by atoms with E-state index in [1.165, 1.54) is 25.0 Å². The van der Waals surface area contributed by atoms with Gasteiger partial charge >= 0.3 is 0 Å². The lowest BCUT2D eigenvalue weighted by molar-refractivity contribution is 0.447. The van der Waals surface area contributed by atoms with Crippen molar-refractivity contribution in [2.75, 3.05) is 0 Å². The first kappa shape index (κ1) is 8.34. The number of nitrogens with zero attached hydrogens (tertiary/aromatic N) is 2. The lowest BCUT2D eigenvalue weighted by Gasteiger charge is -2.12. The maximum Gasteiger partial charge on any atom is 0.0951 e. The summed E-state index contributed by atoms with van der Waals surface area (Å²) in [5, 5.41) is 0.